The maximum atomic E-state index is 11.2. The molecule has 2 heterocycles. The van der Waals surface area contributed by atoms with E-state index < -0.39 is 0 Å². The van der Waals surface area contributed by atoms with Gasteiger partial charge in [-0.1, -0.05) is 6.07 Å². The first-order chi connectivity index (χ1) is 6.81. The summed E-state index contributed by atoms with van der Waals surface area (Å²) in [6.45, 7) is 1.00. The summed E-state index contributed by atoms with van der Waals surface area (Å²) in [7, 11) is 1.79. The van der Waals surface area contributed by atoms with Crippen molar-refractivity contribution in [1.82, 2.24) is 4.98 Å². The second-order valence-electron chi connectivity index (χ2n) is 2.90. The molecular formula is C9H11N3O2. The van der Waals surface area contributed by atoms with Crippen LogP contribution in [-0.2, 0) is 4.74 Å². The summed E-state index contributed by atoms with van der Waals surface area (Å²) in [5.74, 6) is 1.36. The van der Waals surface area contributed by atoms with E-state index in [2.05, 4.69) is 10.3 Å². The van der Waals surface area contributed by atoms with Gasteiger partial charge in [-0.15, -0.1) is 0 Å². The predicted molar refractivity (Wildman–Crippen MR) is 52.5 cm³/mol. The molecule has 0 unspecified atom stereocenters. The average Bonchev–Trinajstić information content (AvgIpc) is 2.65. The monoisotopic (exact) mass is 193 g/mol. The van der Waals surface area contributed by atoms with Crippen molar-refractivity contribution in [2.75, 3.05) is 30.4 Å². The summed E-state index contributed by atoms with van der Waals surface area (Å²) >= 11 is 0. The van der Waals surface area contributed by atoms with Gasteiger partial charge in [0.15, 0.2) is 0 Å². The van der Waals surface area contributed by atoms with E-state index >= 15 is 0 Å². The quantitative estimate of drug-likeness (QED) is 0.763. The van der Waals surface area contributed by atoms with Gasteiger partial charge >= 0.3 is 6.09 Å². The van der Waals surface area contributed by atoms with Crippen molar-refractivity contribution in [2.45, 2.75) is 0 Å². The van der Waals surface area contributed by atoms with Crippen LogP contribution in [0.4, 0.5) is 16.4 Å². The molecular weight excluding hydrogens is 182 g/mol. The molecule has 1 fully saturated rings. The SMILES string of the molecule is CNc1cccc(N2CCOC2=O)n1. The van der Waals surface area contributed by atoms with Crippen LogP contribution in [0.5, 0.6) is 0 Å². The zero-order valence-electron chi connectivity index (χ0n) is 7.86. The summed E-state index contributed by atoms with van der Waals surface area (Å²) in [5.41, 5.74) is 0. The van der Waals surface area contributed by atoms with Crippen LogP contribution < -0.4 is 10.2 Å². The highest BCUT2D eigenvalue weighted by Crippen LogP contribution is 2.17. The second-order valence-corrected chi connectivity index (χ2v) is 2.90. The van der Waals surface area contributed by atoms with Gasteiger partial charge < -0.3 is 10.1 Å². The van der Waals surface area contributed by atoms with Crippen molar-refractivity contribution in [1.29, 1.82) is 0 Å². The van der Waals surface area contributed by atoms with Gasteiger partial charge in [0.2, 0.25) is 0 Å². The van der Waals surface area contributed by atoms with Gasteiger partial charge in [0, 0.05) is 7.05 Å². The number of hydrogen-bond donors (Lipinski definition) is 1. The van der Waals surface area contributed by atoms with E-state index in [9.17, 15) is 4.79 Å². The van der Waals surface area contributed by atoms with Crippen LogP contribution in [0, 0.1) is 0 Å². The Bertz CT molecular complexity index is 354. The minimum atomic E-state index is -0.328. The number of anilines is 2. The molecule has 1 aliphatic heterocycles. The highest BCUT2D eigenvalue weighted by Gasteiger charge is 2.24. The molecule has 1 aliphatic rings. The molecule has 0 radical (unpaired) electrons. The topological polar surface area (TPSA) is 54.5 Å². The third-order valence-corrected chi connectivity index (χ3v) is 2.03. The van der Waals surface area contributed by atoms with Gasteiger partial charge in [-0.25, -0.2) is 9.78 Å². The third-order valence-electron chi connectivity index (χ3n) is 2.03. The fraction of sp³-hybridized carbons (Fsp3) is 0.333. The van der Waals surface area contributed by atoms with Crippen LogP contribution in [0.1, 0.15) is 0 Å². The Hall–Kier alpha value is -1.78. The molecule has 1 saturated heterocycles. The van der Waals surface area contributed by atoms with E-state index in [0.29, 0.717) is 19.0 Å². The number of rotatable bonds is 2. The number of nitrogens with one attached hydrogen (secondary N) is 1. The van der Waals surface area contributed by atoms with Gasteiger partial charge in [-0.3, -0.25) is 4.90 Å². The molecule has 1 amide bonds. The molecule has 0 bridgehead atoms. The highest BCUT2D eigenvalue weighted by molar-refractivity contribution is 5.88. The predicted octanol–water partition coefficient (Wildman–Crippen LogP) is 1.08. The van der Waals surface area contributed by atoms with E-state index in [1.165, 1.54) is 4.90 Å². The maximum absolute atomic E-state index is 11.2. The molecule has 1 N–H and O–H groups in total. The van der Waals surface area contributed by atoms with Gasteiger partial charge in [-0.05, 0) is 12.1 Å². The number of amides is 1. The molecule has 0 aromatic carbocycles. The normalized spacial score (nSPS) is 15.5. The first kappa shape index (κ1) is 8.80. The maximum Gasteiger partial charge on any atom is 0.415 e. The zero-order valence-corrected chi connectivity index (χ0v) is 7.86. The molecule has 2 rings (SSSR count). The largest absolute Gasteiger partial charge is 0.447 e. The number of pyridine rings is 1. The Morgan fingerprint density at radius 3 is 3.07 bits per heavy atom. The lowest BCUT2D eigenvalue weighted by Crippen LogP contribution is -2.24. The molecule has 1 aromatic heterocycles. The van der Waals surface area contributed by atoms with Crippen LogP contribution in [-0.4, -0.2) is 31.3 Å². The van der Waals surface area contributed by atoms with E-state index in [4.69, 9.17) is 4.74 Å². The molecule has 1 aromatic rings. The summed E-state index contributed by atoms with van der Waals surface area (Å²) in [4.78, 5) is 17.0. The lowest BCUT2D eigenvalue weighted by molar-refractivity contribution is 0.181. The Morgan fingerprint density at radius 2 is 2.43 bits per heavy atom. The number of aromatic nitrogens is 1. The number of hydrogen-bond acceptors (Lipinski definition) is 4. The number of ether oxygens (including phenoxy) is 1. The summed E-state index contributed by atoms with van der Waals surface area (Å²) in [6, 6.07) is 5.47. The number of carbonyl (C=O) groups excluding carboxylic acids is 1. The van der Waals surface area contributed by atoms with E-state index in [0.717, 1.165) is 5.82 Å². The molecule has 5 nitrogen and oxygen atoms in total. The summed E-state index contributed by atoms with van der Waals surface area (Å²) < 4.78 is 4.82. The fourth-order valence-electron chi connectivity index (χ4n) is 1.31. The van der Waals surface area contributed by atoms with Crippen LogP contribution in [0.3, 0.4) is 0 Å². The van der Waals surface area contributed by atoms with E-state index in [1.54, 1.807) is 13.1 Å². The minimum absolute atomic E-state index is 0.328. The van der Waals surface area contributed by atoms with Crippen molar-refractivity contribution < 1.29 is 9.53 Å². The van der Waals surface area contributed by atoms with Crippen molar-refractivity contribution in [2.24, 2.45) is 0 Å². The molecule has 5 heteroatoms. The number of nitrogens with zero attached hydrogens (tertiary/aromatic N) is 2. The summed E-state index contributed by atoms with van der Waals surface area (Å²) in [5, 5.41) is 2.92. The van der Waals surface area contributed by atoms with E-state index in [1.807, 2.05) is 12.1 Å². The smallest absolute Gasteiger partial charge is 0.415 e. The Kier molecular flexibility index (Phi) is 2.22. The molecule has 74 valence electrons. The fourth-order valence-corrected chi connectivity index (χ4v) is 1.31. The lowest BCUT2D eigenvalue weighted by atomic mass is 10.4. The molecule has 0 aliphatic carbocycles. The average molecular weight is 193 g/mol. The highest BCUT2D eigenvalue weighted by atomic mass is 16.6. The molecule has 0 spiro atoms. The molecule has 0 atom stereocenters. The lowest BCUT2D eigenvalue weighted by Gasteiger charge is -2.11. The number of cyclic esters (lactones) is 1. The van der Waals surface area contributed by atoms with Crippen molar-refractivity contribution in [3.05, 3.63) is 18.2 Å². The van der Waals surface area contributed by atoms with Crippen molar-refractivity contribution in [3.8, 4) is 0 Å². The van der Waals surface area contributed by atoms with E-state index in [-0.39, 0.29) is 6.09 Å². The first-order valence-electron chi connectivity index (χ1n) is 4.40. The second kappa shape index (κ2) is 3.53. The van der Waals surface area contributed by atoms with Crippen molar-refractivity contribution in [3.63, 3.8) is 0 Å². The Morgan fingerprint density at radius 1 is 1.57 bits per heavy atom. The Balaban J connectivity index is 2.26. The zero-order chi connectivity index (χ0) is 9.97. The Labute approximate surface area is 81.7 Å². The van der Waals surface area contributed by atoms with Crippen molar-refractivity contribution >= 4 is 17.7 Å². The first-order valence-corrected chi connectivity index (χ1v) is 4.40. The summed E-state index contributed by atoms with van der Waals surface area (Å²) in [6.07, 6.45) is -0.328. The van der Waals surface area contributed by atoms with Gasteiger partial charge in [0.05, 0.1) is 6.54 Å². The van der Waals surface area contributed by atoms with Crippen LogP contribution >= 0.6 is 0 Å². The van der Waals surface area contributed by atoms with Gasteiger partial charge in [-0.2, -0.15) is 0 Å². The van der Waals surface area contributed by atoms with Crippen LogP contribution in [0.2, 0.25) is 0 Å². The van der Waals surface area contributed by atoms with Gasteiger partial charge in [0.25, 0.3) is 0 Å². The minimum Gasteiger partial charge on any atom is -0.447 e. The van der Waals surface area contributed by atoms with Gasteiger partial charge in [0.1, 0.15) is 18.2 Å². The standard InChI is InChI=1S/C9H11N3O2/c1-10-7-3-2-4-8(11-7)12-5-6-14-9(12)13/h2-4H,5-6H2,1H3,(H,10,11). The number of carbonyl (C=O) groups is 1. The third kappa shape index (κ3) is 1.48. The molecule has 14 heavy (non-hydrogen) atoms. The van der Waals surface area contributed by atoms with Crippen LogP contribution in [0.15, 0.2) is 18.2 Å². The van der Waals surface area contributed by atoms with Crippen LogP contribution in [0.25, 0.3) is 0 Å². The molecule has 0 saturated carbocycles.